The van der Waals surface area contributed by atoms with E-state index in [0.717, 1.165) is 35.0 Å². The van der Waals surface area contributed by atoms with Crippen molar-refractivity contribution in [2.24, 2.45) is 7.05 Å². The van der Waals surface area contributed by atoms with Gasteiger partial charge in [-0.15, -0.1) is 0 Å². The molecule has 0 aliphatic carbocycles. The summed E-state index contributed by atoms with van der Waals surface area (Å²) in [5.41, 5.74) is 2.43. The van der Waals surface area contributed by atoms with Crippen molar-refractivity contribution in [3.8, 4) is 11.5 Å². The lowest BCUT2D eigenvalue weighted by Crippen LogP contribution is -2.41. The largest absolute Gasteiger partial charge is 0.444 e. The molecule has 0 spiro atoms. The summed E-state index contributed by atoms with van der Waals surface area (Å²) >= 11 is 0. The van der Waals surface area contributed by atoms with Crippen molar-refractivity contribution in [1.29, 1.82) is 0 Å². The summed E-state index contributed by atoms with van der Waals surface area (Å²) in [6.45, 7) is 8.89. The molecule has 0 radical (unpaired) electrons. The quantitative estimate of drug-likeness (QED) is 0.648. The van der Waals surface area contributed by atoms with Crippen LogP contribution in [0.4, 0.5) is 4.79 Å². The van der Waals surface area contributed by atoms with Crippen LogP contribution in [0, 0.1) is 6.92 Å². The highest BCUT2D eigenvalue weighted by atomic mass is 16.6. The van der Waals surface area contributed by atoms with Crippen LogP contribution in [0.25, 0.3) is 22.4 Å². The third-order valence-electron chi connectivity index (χ3n) is 5.24. The number of fused-ring (bicyclic) bond motifs is 1. The molecular formula is C21H27N5O3. The van der Waals surface area contributed by atoms with Crippen molar-refractivity contribution >= 4 is 17.0 Å². The van der Waals surface area contributed by atoms with Crippen molar-refractivity contribution < 1.29 is 14.1 Å². The Morgan fingerprint density at radius 3 is 2.66 bits per heavy atom. The molecule has 1 aliphatic rings. The van der Waals surface area contributed by atoms with Crippen LogP contribution < -0.4 is 0 Å². The van der Waals surface area contributed by atoms with E-state index in [0.29, 0.717) is 24.8 Å². The number of carbonyl (C=O) groups excluding carboxylic acids is 1. The van der Waals surface area contributed by atoms with Crippen LogP contribution in [0.2, 0.25) is 0 Å². The molecule has 0 unspecified atom stereocenters. The van der Waals surface area contributed by atoms with Gasteiger partial charge in [0.15, 0.2) is 5.82 Å². The summed E-state index contributed by atoms with van der Waals surface area (Å²) in [5, 5.41) is 9.78. The Morgan fingerprint density at radius 1 is 1.24 bits per heavy atom. The maximum Gasteiger partial charge on any atom is 0.410 e. The van der Waals surface area contributed by atoms with Gasteiger partial charge in [-0.2, -0.15) is 10.1 Å². The number of aryl methyl sites for hydroxylation is 2. The highest BCUT2D eigenvalue weighted by Gasteiger charge is 2.29. The maximum atomic E-state index is 12.2. The van der Waals surface area contributed by atoms with Crippen LogP contribution >= 0.6 is 0 Å². The molecule has 1 aliphatic heterocycles. The van der Waals surface area contributed by atoms with E-state index in [1.54, 1.807) is 4.90 Å². The van der Waals surface area contributed by atoms with Gasteiger partial charge in [-0.05, 0) is 52.7 Å². The molecule has 3 heterocycles. The molecule has 1 fully saturated rings. The summed E-state index contributed by atoms with van der Waals surface area (Å²) in [6, 6.07) is 6.05. The number of nitrogens with zero attached hydrogens (tertiary/aromatic N) is 5. The third-order valence-corrected chi connectivity index (χ3v) is 5.24. The number of hydrogen-bond donors (Lipinski definition) is 0. The summed E-state index contributed by atoms with van der Waals surface area (Å²) < 4.78 is 12.9. The van der Waals surface area contributed by atoms with Gasteiger partial charge in [0.1, 0.15) is 5.60 Å². The first-order valence-electron chi connectivity index (χ1n) is 9.96. The zero-order chi connectivity index (χ0) is 20.8. The molecule has 2 aromatic heterocycles. The average molecular weight is 397 g/mol. The molecule has 0 saturated carbocycles. The highest BCUT2D eigenvalue weighted by molar-refractivity contribution is 5.85. The van der Waals surface area contributed by atoms with Crippen molar-refractivity contribution in [2.45, 2.75) is 52.1 Å². The normalized spacial score (nSPS) is 15.8. The second-order valence-electron chi connectivity index (χ2n) is 8.64. The van der Waals surface area contributed by atoms with E-state index in [2.05, 4.69) is 15.2 Å². The average Bonchev–Trinajstić information content (AvgIpc) is 3.26. The molecule has 1 amide bonds. The smallest absolute Gasteiger partial charge is 0.410 e. The molecule has 8 nitrogen and oxygen atoms in total. The molecular weight excluding hydrogens is 370 g/mol. The summed E-state index contributed by atoms with van der Waals surface area (Å²) in [7, 11) is 1.93. The number of likely N-dealkylation sites (tertiary alicyclic amines) is 1. The lowest BCUT2D eigenvalue weighted by atomic mass is 9.96. The Balaban J connectivity index is 1.45. The minimum Gasteiger partial charge on any atom is -0.444 e. The highest BCUT2D eigenvalue weighted by Crippen LogP contribution is 2.30. The van der Waals surface area contributed by atoms with E-state index in [4.69, 9.17) is 9.26 Å². The van der Waals surface area contributed by atoms with Gasteiger partial charge in [0, 0.05) is 37.0 Å². The van der Waals surface area contributed by atoms with E-state index in [1.165, 1.54) is 0 Å². The monoisotopic (exact) mass is 397 g/mol. The standard InChI is InChI=1S/C21H27N5O3/c1-13-16-7-6-15(12-17(16)25(5)23-13)19-22-18(24-29-19)14-8-10-26(11-9-14)20(27)28-21(2,3)4/h6-7,12,14H,8-11H2,1-5H3. The van der Waals surface area contributed by atoms with Crippen LogP contribution in [-0.4, -0.2) is 49.6 Å². The SMILES string of the molecule is Cc1nn(C)c2cc(-c3nc(C4CCN(C(=O)OC(C)(C)C)CC4)no3)ccc12. The van der Waals surface area contributed by atoms with Gasteiger partial charge < -0.3 is 14.2 Å². The minimum absolute atomic E-state index is 0.175. The lowest BCUT2D eigenvalue weighted by molar-refractivity contribution is 0.0203. The number of benzene rings is 1. The van der Waals surface area contributed by atoms with Crippen LogP contribution in [0.3, 0.4) is 0 Å². The molecule has 0 bridgehead atoms. The topological polar surface area (TPSA) is 86.3 Å². The predicted molar refractivity (Wildman–Crippen MR) is 109 cm³/mol. The van der Waals surface area contributed by atoms with Crippen molar-refractivity contribution in [2.75, 3.05) is 13.1 Å². The number of aromatic nitrogens is 4. The van der Waals surface area contributed by atoms with E-state index >= 15 is 0 Å². The van der Waals surface area contributed by atoms with E-state index < -0.39 is 5.60 Å². The molecule has 8 heteroatoms. The van der Waals surface area contributed by atoms with E-state index in [1.807, 2.05) is 57.6 Å². The van der Waals surface area contributed by atoms with Gasteiger partial charge in [-0.1, -0.05) is 11.2 Å². The third kappa shape index (κ3) is 3.97. The maximum absolute atomic E-state index is 12.2. The molecule has 3 aromatic rings. The number of carbonyl (C=O) groups is 1. The first kappa shape index (κ1) is 19.4. The molecule has 1 aromatic carbocycles. The van der Waals surface area contributed by atoms with Crippen LogP contribution in [0.5, 0.6) is 0 Å². The van der Waals surface area contributed by atoms with Crippen LogP contribution in [-0.2, 0) is 11.8 Å². The van der Waals surface area contributed by atoms with Crippen LogP contribution in [0.15, 0.2) is 22.7 Å². The Hall–Kier alpha value is -2.90. The van der Waals surface area contributed by atoms with Gasteiger partial charge in [0.2, 0.25) is 0 Å². The first-order valence-corrected chi connectivity index (χ1v) is 9.96. The Morgan fingerprint density at radius 2 is 1.97 bits per heavy atom. The predicted octanol–water partition coefficient (Wildman–Crippen LogP) is 4.05. The van der Waals surface area contributed by atoms with Crippen molar-refractivity contribution in [3.63, 3.8) is 0 Å². The Labute approximate surface area is 169 Å². The van der Waals surface area contributed by atoms with Crippen molar-refractivity contribution in [1.82, 2.24) is 24.8 Å². The summed E-state index contributed by atoms with van der Waals surface area (Å²) in [4.78, 5) is 18.6. The second-order valence-corrected chi connectivity index (χ2v) is 8.64. The summed E-state index contributed by atoms with van der Waals surface area (Å²) in [6.07, 6.45) is 1.32. The van der Waals surface area contributed by atoms with Gasteiger partial charge >= 0.3 is 6.09 Å². The van der Waals surface area contributed by atoms with Crippen molar-refractivity contribution in [3.05, 3.63) is 29.7 Å². The number of rotatable bonds is 2. The lowest BCUT2D eigenvalue weighted by Gasteiger charge is -2.32. The molecule has 1 saturated heterocycles. The fourth-order valence-electron chi connectivity index (χ4n) is 3.74. The molecule has 29 heavy (non-hydrogen) atoms. The molecule has 154 valence electrons. The Bertz CT molecular complexity index is 1040. The summed E-state index contributed by atoms with van der Waals surface area (Å²) in [5.74, 6) is 1.38. The van der Waals surface area contributed by atoms with Gasteiger partial charge in [0.05, 0.1) is 11.2 Å². The van der Waals surface area contributed by atoms with E-state index in [-0.39, 0.29) is 12.0 Å². The van der Waals surface area contributed by atoms with E-state index in [9.17, 15) is 4.79 Å². The number of ether oxygens (including phenoxy) is 1. The number of hydrogen-bond acceptors (Lipinski definition) is 6. The molecule has 0 atom stereocenters. The molecule has 4 rings (SSSR count). The zero-order valence-corrected chi connectivity index (χ0v) is 17.6. The zero-order valence-electron chi connectivity index (χ0n) is 17.6. The van der Waals surface area contributed by atoms with Crippen LogP contribution in [0.1, 0.15) is 51.0 Å². The Kier molecular flexibility index (Phi) is 4.80. The van der Waals surface area contributed by atoms with Gasteiger partial charge in [-0.3, -0.25) is 4.68 Å². The molecule has 0 N–H and O–H groups in total. The van der Waals surface area contributed by atoms with Gasteiger partial charge in [-0.25, -0.2) is 4.79 Å². The second kappa shape index (κ2) is 7.17. The first-order chi connectivity index (χ1) is 13.7. The number of amides is 1. The van der Waals surface area contributed by atoms with Gasteiger partial charge in [0.25, 0.3) is 5.89 Å². The number of piperidine rings is 1. The minimum atomic E-state index is -0.482. The fourth-order valence-corrected chi connectivity index (χ4v) is 3.74. The fraction of sp³-hybridized carbons (Fsp3) is 0.524.